The molecule has 4 N–H and O–H groups in total. The summed E-state index contributed by atoms with van der Waals surface area (Å²) >= 11 is 6.01. The summed E-state index contributed by atoms with van der Waals surface area (Å²) in [5.74, 6) is 0.759. The predicted octanol–water partition coefficient (Wildman–Crippen LogP) is 5.05. The Hall–Kier alpha value is -2.95. The first-order valence-corrected chi connectivity index (χ1v) is 16.3. The van der Waals surface area contributed by atoms with Crippen molar-refractivity contribution in [1.82, 2.24) is 15.4 Å². The number of aliphatic hydroxyl groups excluding tert-OH is 1. The fraction of sp³-hybridized carbons (Fsp3) is 0.406. The quantitative estimate of drug-likeness (QED) is 0.202. The van der Waals surface area contributed by atoms with Gasteiger partial charge in [-0.2, -0.15) is 0 Å². The van der Waals surface area contributed by atoms with Crippen molar-refractivity contribution in [3.8, 4) is 5.75 Å². The Labute approximate surface area is 253 Å². The first-order valence-electron chi connectivity index (χ1n) is 14.4. The number of ether oxygens (including phenoxy) is 1. The molecule has 226 valence electrons. The van der Waals surface area contributed by atoms with E-state index in [1.54, 1.807) is 43.5 Å². The number of benzene rings is 3. The lowest BCUT2D eigenvalue weighted by atomic mass is 9.83. The normalized spacial score (nSPS) is 15.6. The third kappa shape index (κ3) is 9.54. The van der Waals surface area contributed by atoms with E-state index in [4.69, 9.17) is 16.3 Å². The lowest BCUT2D eigenvalue weighted by molar-refractivity contribution is 0.0776. The van der Waals surface area contributed by atoms with Crippen LogP contribution < -0.4 is 20.1 Å². The Morgan fingerprint density at radius 1 is 0.976 bits per heavy atom. The molecule has 0 aliphatic heterocycles. The van der Waals surface area contributed by atoms with Crippen molar-refractivity contribution in [3.63, 3.8) is 0 Å². The standard InChI is InChI=1S/C32H40ClN3O5S/c1-41-28-14-6-11-25(17-28)20-34-22-31(37)30(18-23-8-3-2-4-9-23)36-32(38)26-12-7-15-29(19-26)42(39,40)35-21-24-10-5-13-27(33)16-24/h5-7,10-17,19,23,30-31,34-35,37H,2-4,8-9,18,20-22H2,1H3,(H,36,38)/t30-,31+/m0/s1. The van der Waals surface area contributed by atoms with E-state index in [9.17, 15) is 18.3 Å². The summed E-state index contributed by atoms with van der Waals surface area (Å²) in [5.41, 5.74) is 1.96. The van der Waals surface area contributed by atoms with Crippen LogP contribution in [-0.2, 0) is 23.1 Å². The maximum atomic E-state index is 13.4. The van der Waals surface area contributed by atoms with Gasteiger partial charge in [0.25, 0.3) is 5.91 Å². The molecule has 1 amide bonds. The summed E-state index contributed by atoms with van der Waals surface area (Å²) in [6.45, 7) is 0.898. The number of hydrogen-bond donors (Lipinski definition) is 4. The van der Waals surface area contributed by atoms with Crippen molar-refractivity contribution in [1.29, 1.82) is 0 Å². The van der Waals surface area contributed by atoms with Crippen LogP contribution in [0.5, 0.6) is 5.75 Å². The van der Waals surface area contributed by atoms with E-state index in [1.807, 2.05) is 24.3 Å². The van der Waals surface area contributed by atoms with E-state index in [0.717, 1.165) is 42.6 Å². The third-order valence-corrected chi connectivity index (χ3v) is 9.31. The van der Waals surface area contributed by atoms with Crippen LogP contribution in [0.3, 0.4) is 0 Å². The number of nitrogens with one attached hydrogen (secondary N) is 3. The van der Waals surface area contributed by atoms with Gasteiger partial charge < -0.3 is 20.5 Å². The van der Waals surface area contributed by atoms with Gasteiger partial charge in [0.05, 0.1) is 24.2 Å². The van der Waals surface area contributed by atoms with Crippen LogP contribution in [0.4, 0.5) is 0 Å². The largest absolute Gasteiger partial charge is 0.497 e. The van der Waals surface area contributed by atoms with E-state index < -0.39 is 28.1 Å². The molecule has 0 unspecified atom stereocenters. The Balaban J connectivity index is 1.41. The van der Waals surface area contributed by atoms with E-state index in [0.29, 0.717) is 23.9 Å². The minimum atomic E-state index is -3.88. The molecule has 0 saturated heterocycles. The summed E-state index contributed by atoms with van der Waals surface area (Å²) < 4.78 is 33.9. The highest BCUT2D eigenvalue weighted by Crippen LogP contribution is 2.28. The number of aliphatic hydroxyl groups is 1. The highest BCUT2D eigenvalue weighted by atomic mass is 35.5. The molecule has 0 heterocycles. The summed E-state index contributed by atoms with van der Waals surface area (Å²) in [5, 5.41) is 18.0. The number of hydrogen-bond acceptors (Lipinski definition) is 6. The molecule has 42 heavy (non-hydrogen) atoms. The van der Waals surface area contributed by atoms with Gasteiger partial charge in [0.1, 0.15) is 5.75 Å². The fourth-order valence-corrected chi connectivity index (χ4v) is 6.62. The Bertz CT molecular complexity index is 1430. The number of methoxy groups -OCH3 is 1. The second kappa shape index (κ2) is 15.5. The number of rotatable bonds is 14. The smallest absolute Gasteiger partial charge is 0.251 e. The summed E-state index contributed by atoms with van der Waals surface area (Å²) in [4.78, 5) is 13.4. The van der Waals surface area contributed by atoms with Gasteiger partial charge in [0, 0.05) is 30.2 Å². The third-order valence-electron chi connectivity index (χ3n) is 7.67. The van der Waals surface area contributed by atoms with Gasteiger partial charge in [-0.05, 0) is 65.9 Å². The zero-order chi connectivity index (χ0) is 30.0. The van der Waals surface area contributed by atoms with Gasteiger partial charge in [-0.1, -0.05) is 74.0 Å². The van der Waals surface area contributed by atoms with Crippen LogP contribution in [0.1, 0.15) is 60.0 Å². The number of sulfonamides is 1. The average molecular weight is 614 g/mol. The van der Waals surface area contributed by atoms with Crippen molar-refractivity contribution < 1.29 is 23.1 Å². The van der Waals surface area contributed by atoms with Crippen LogP contribution >= 0.6 is 11.6 Å². The topological polar surface area (TPSA) is 117 Å². The van der Waals surface area contributed by atoms with E-state index in [-0.39, 0.29) is 23.5 Å². The zero-order valence-electron chi connectivity index (χ0n) is 23.9. The molecule has 1 saturated carbocycles. The second-order valence-corrected chi connectivity index (χ2v) is 13.1. The lowest BCUT2D eigenvalue weighted by Crippen LogP contribution is -2.48. The Morgan fingerprint density at radius 3 is 2.43 bits per heavy atom. The first kappa shape index (κ1) is 32.0. The van der Waals surface area contributed by atoms with Crippen LogP contribution in [0, 0.1) is 5.92 Å². The van der Waals surface area contributed by atoms with Gasteiger partial charge in [0.2, 0.25) is 10.0 Å². The van der Waals surface area contributed by atoms with Crippen LogP contribution in [0.15, 0.2) is 77.7 Å². The molecule has 1 fully saturated rings. The Morgan fingerprint density at radius 2 is 1.69 bits per heavy atom. The number of halogens is 1. The maximum Gasteiger partial charge on any atom is 0.251 e. The summed E-state index contributed by atoms with van der Waals surface area (Å²) in [6.07, 6.45) is 5.49. The SMILES string of the molecule is COc1cccc(CNC[C@@H](O)[C@H](CC2CCCCC2)NC(=O)c2cccc(S(=O)(=O)NCc3cccc(Cl)c3)c2)c1. The molecule has 1 aliphatic rings. The van der Waals surface area contributed by atoms with E-state index in [1.165, 1.54) is 18.6 Å². The first-order chi connectivity index (χ1) is 20.2. The molecule has 0 radical (unpaired) electrons. The van der Waals surface area contributed by atoms with Crippen molar-refractivity contribution in [2.24, 2.45) is 5.92 Å². The average Bonchev–Trinajstić information content (AvgIpc) is 3.00. The number of carbonyl (C=O) groups is 1. The van der Waals surface area contributed by atoms with Gasteiger partial charge in [-0.3, -0.25) is 4.79 Å². The molecule has 0 bridgehead atoms. The van der Waals surface area contributed by atoms with Crippen LogP contribution in [0.25, 0.3) is 0 Å². The number of carbonyl (C=O) groups excluding carboxylic acids is 1. The second-order valence-electron chi connectivity index (χ2n) is 10.9. The summed E-state index contributed by atoms with van der Waals surface area (Å²) in [7, 11) is -2.26. The van der Waals surface area contributed by atoms with Gasteiger partial charge >= 0.3 is 0 Å². The van der Waals surface area contributed by atoms with Gasteiger partial charge in [-0.15, -0.1) is 0 Å². The molecule has 3 aromatic rings. The van der Waals surface area contributed by atoms with Crippen LogP contribution in [0.2, 0.25) is 5.02 Å². The molecular formula is C32H40ClN3O5S. The number of amides is 1. The Kier molecular flexibility index (Phi) is 11.8. The monoisotopic (exact) mass is 613 g/mol. The van der Waals surface area contributed by atoms with Crippen molar-refractivity contribution in [2.75, 3.05) is 13.7 Å². The molecule has 3 aromatic carbocycles. The molecule has 1 aliphatic carbocycles. The minimum Gasteiger partial charge on any atom is -0.497 e. The highest BCUT2D eigenvalue weighted by Gasteiger charge is 2.27. The molecule has 0 spiro atoms. The van der Waals surface area contributed by atoms with E-state index >= 15 is 0 Å². The van der Waals surface area contributed by atoms with Crippen molar-refractivity contribution >= 4 is 27.5 Å². The molecular weight excluding hydrogens is 574 g/mol. The molecule has 4 rings (SSSR count). The van der Waals surface area contributed by atoms with E-state index in [2.05, 4.69) is 15.4 Å². The molecule has 8 nitrogen and oxygen atoms in total. The molecule has 2 atom stereocenters. The lowest BCUT2D eigenvalue weighted by Gasteiger charge is -2.30. The van der Waals surface area contributed by atoms with Gasteiger partial charge in [-0.25, -0.2) is 13.1 Å². The maximum absolute atomic E-state index is 13.4. The van der Waals surface area contributed by atoms with Crippen molar-refractivity contribution in [2.45, 2.75) is 68.7 Å². The highest BCUT2D eigenvalue weighted by molar-refractivity contribution is 7.89. The molecule has 10 heteroatoms. The van der Waals surface area contributed by atoms with Crippen molar-refractivity contribution in [3.05, 3.63) is 94.5 Å². The van der Waals surface area contributed by atoms with Crippen LogP contribution in [-0.4, -0.2) is 45.2 Å². The predicted molar refractivity (Wildman–Crippen MR) is 165 cm³/mol. The molecule has 0 aromatic heterocycles. The minimum absolute atomic E-state index is 0.0125. The fourth-order valence-electron chi connectivity index (χ4n) is 5.35. The van der Waals surface area contributed by atoms with Gasteiger partial charge in [0.15, 0.2) is 0 Å². The summed E-state index contributed by atoms with van der Waals surface area (Å²) in [6, 6.07) is 20.1. The zero-order valence-corrected chi connectivity index (χ0v) is 25.5.